The van der Waals surface area contributed by atoms with E-state index in [1.807, 2.05) is 30.3 Å². The summed E-state index contributed by atoms with van der Waals surface area (Å²) in [6, 6.07) is 15.9. The Labute approximate surface area is 159 Å². The standard InChI is InChI=1S/C18H17N5O3S/c1-26-17(25)13-7-9-14(10-8-13)20-15(24)11-27-18-22-21-16(23(18)19)12-5-3-2-4-6-12/h2-10H,11,19H2,1H3,(H,20,24). The van der Waals surface area contributed by atoms with Gasteiger partial charge in [0.15, 0.2) is 5.82 Å². The minimum atomic E-state index is -0.431. The first-order chi connectivity index (χ1) is 13.1. The van der Waals surface area contributed by atoms with Crippen LogP contribution >= 0.6 is 11.8 Å². The minimum absolute atomic E-state index is 0.114. The van der Waals surface area contributed by atoms with Crippen molar-refractivity contribution in [1.29, 1.82) is 0 Å². The molecule has 0 radical (unpaired) electrons. The van der Waals surface area contributed by atoms with Gasteiger partial charge in [-0.1, -0.05) is 42.1 Å². The van der Waals surface area contributed by atoms with Crippen molar-refractivity contribution in [2.45, 2.75) is 5.16 Å². The van der Waals surface area contributed by atoms with Crippen molar-refractivity contribution in [1.82, 2.24) is 14.9 Å². The van der Waals surface area contributed by atoms with Crippen LogP contribution in [0.3, 0.4) is 0 Å². The Morgan fingerprint density at radius 3 is 2.48 bits per heavy atom. The maximum absolute atomic E-state index is 12.1. The first-order valence-corrected chi connectivity index (χ1v) is 8.94. The number of nitrogens with one attached hydrogen (secondary N) is 1. The van der Waals surface area contributed by atoms with E-state index in [2.05, 4.69) is 20.3 Å². The number of nitrogens with zero attached hydrogens (tertiary/aromatic N) is 3. The number of amides is 1. The molecule has 0 aliphatic heterocycles. The van der Waals surface area contributed by atoms with Crippen molar-refractivity contribution in [3.63, 3.8) is 0 Å². The number of thioether (sulfide) groups is 1. The Kier molecular flexibility index (Phi) is 5.72. The van der Waals surface area contributed by atoms with Gasteiger partial charge in [-0.05, 0) is 24.3 Å². The highest BCUT2D eigenvalue weighted by Gasteiger charge is 2.14. The molecule has 27 heavy (non-hydrogen) atoms. The largest absolute Gasteiger partial charge is 0.465 e. The lowest BCUT2D eigenvalue weighted by Gasteiger charge is -2.06. The van der Waals surface area contributed by atoms with Gasteiger partial charge in [0.2, 0.25) is 11.1 Å². The third kappa shape index (κ3) is 4.45. The van der Waals surface area contributed by atoms with Crippen LogP contribution in [0.25, 0.3) is 11.4 Å². The van der Waals surface area contributed by atoms with Crippen molar-refractivity contribution in [2.75, 3.05) is 24.0 Å². The summed E-state index contributed by atoms with van der Waals surface area (Å²) in [5.41, 5.74) is 1.83. The van der Waals surface area contributed by atoms with E-state index < -0.39 is 5.97 Å². The van der Waals surface area contributed by atoms with Gasteiger partial charge in [0.05, 0.1) is 18.4 Å². The summed E-state index contributed by atoms with van der Waals surface area (Å²) in [4.78, 5) is 23.5. The second kappa shape index (κ2) is 8.37. The molecular formula is C18H17N5O3S. The molecule has 1 heterocycles. The number of carbonyl (C=O) groups excluding carboxylic acids is 2. The average Bonchev–Trinajstić information content (AvgIpc) is 3.07. The van der Waals surface area contributed by atoms with Crippen LogP contribution in [0.5, 0.6) is 0 Å². The topological polar surface area (TPSA) is 112 Å². The molecule has 0 spiro atoms. The van der Waals surface area contributed by atoms with Gasteiger partial charge in [-0.3, -0.25) is 4.79 Å². The van der Waals surface area contributed by atoms with Crippen molar-refractivity contribution in [3.8, 4) is 11.4 Å². The number of hydrogen-bond acceptors (Lipinski definition) is 7. The number of carbonyl (C=O) groups is 2. The molecular weight excluding hydrogens is 366 g/mol. The number of hydrogen-bond donors (Lipinski definition) is 2. The number of esters is 1. The molecule has 0 bridgehead atoms. The number of ether oxygens (including phenoxy) is 1. The molecule has 0 aliphatic carbocycles. The zero-order valence-electron chi connectivity index (χ0n) is 14.5. The fourth-order valence-electron chi connectivity index (χ4n) is 2.29. The normalized spacial score (nSPS) is 10.4. The molecule has 138 valence electrons. The van der Waals surface area contributed by atoms with Gasteiger partial charge in [-0.25, -0.2) is 9.47 Å². The SMILES string of the molecule is COC(=O)c1ccc(NC(=O)CSc2nnc(-c3ccccc3)n2N)cc1. The Bertz CT molecular complexity index is 941. The van der Waals surface area contributed by atoms with Crippen LogP contribution in [-0.2, 0) is 9.53 Å². The molecule has 9 heteroatoms. The fourth-order valence-corrected chi connectivity index (χ4v) is 2.95. The van der Waals surface area contributed by atoms with E-state index in [0.717, 1.165) is 5.56 Å². The van der Waals surface area contributed by atoms with Crippen molar-refractivity contribution < 1.29 is 14.3 Å². The van der Waals surface area contributed by atoms with E-state index in [1.54, 1.807) is 24.3 Å². The van der Waals surface area contributed by atoms with E-state index in [0.29, 0.717) is 22.2 Å². The molecule has 0 unspecified atom stereocenters. The van der Waals surface area contributed by atoms with E-state index >= 15 is 0 Å². The molecule has 0 aliphatic rings. The molecule has 0 saturated carbocycles. The van der Waals surface area contributed by atoms with E-state index in [4.69, 9.17) is 5.84 Å². The summed E-state index contributed by atoms with van der Waals surface area (Å²) in [5.74, 6) is 6.01. The predicted octanol–water partition coefficient (Wildman–Crippen LogP) is 2.18. The van der Waals surface area contributed by atoms with Gasteiger partial charge < -0.3 is 15.9 Å². The number of nitrogens with two attached hydrogens (primary N) is 1. The lowest BCUT2D eigenvalue weighted by Crippen LogP contribution is -2.16. The molecule has 8 nitrogen and oxygen atoms in total. The van der Waals surface area contributed by atoms with Crippen LogP contribution in [0.2, 0.25) is 0 Å². The Hall–Kier alpha value is -3.33. The molecule has 1 aromatic heterocycles. The maximum atomic E-state index is 12.1. The minimum Gasteiger partial charge on any atom is -0.465 e. The number of aromatic nitrogens is 3. The quantitative estimate of drug-likeness (QED) is 0.381. The molecule has 0 saturated heterocycles. The molecule has 3 N–H and O–H groups in total. The molecule has 0 atom stereocenters. The molecule has 3 aromatic rings. The number of anilines is 1. The second-order valence-electron chi connectivity index (χ2n) is 5.45. The van der Waals surface area contributed by atoms with Crippen molar-refractivity contribution in [3.05, 3.63) is 60.2 Å². The first kappa shape index (κ1) is 18.5. The number of rotatable bonds is 6. The highest BCUT2D eigenvalue weighted by atomic mass is 32.2. The van der Waals surface area contributed by atoms with Gasteiger partial charge in [0, 0.05) is 11.3 Å². The summed E-state index contributed by atoms with van der Waals surface area (Å²) < 4.78 is 5.99. The highest BCUT2D eigenvalue weighted by Crippen LogP contribution is 2.21. The van der Waals surface area contributed by atoms with Crippen LogP contribution in [-0.4, -0.2) is 39.6 Å². The zero-order chi connectivity index (χ0) is 19.2. The van der Waals surface area contributed by atoms with E-state index in [1.165, 1.54) is 23.5 Å². The zero-order valence-corrected chi connectivity index (χ0v) is 15.3. The third-order valence-electron chi connectivity index (χ3n) is 3.62. The highest BCUT2D eigenvalue weighted by molar-refractivity contribution is 7.99. The van der Waals surface area contributed by atoms with Gasteiger partial charge >= 0.3 is 5.97 Å². The summed E-state index contributed by atoms with van der Waals surface area (Å²) in [6.45, 7) is 0. The Morgan fingerprint density at radius 1 is 1.11 bits per heavy atom. The van der Waals surface area contributed by atoms with Gasteiger partial charge in [-0.2, -0.15) is 0 Å². The number of nitrogen functional groups attached to an aromatic ring is 1. The predicted molar refractivity (Wildman–Crippen MR) is 103 cm³/mol. The average molecular weight is 383 g/mol. The fraction of sp³-hybridized carbons (Fsp3) is 0.111. The van der Waals surface area contributed by atoms with Crippen LogP contribution < -0.4 is 11.2 Å². The van der Waals surface area contributed by atoms with Gasteiger partial charge in [0.25, 0.3) is 0 Å². The van der Waals surface area contributed by atoms with Crippen LogP contribution in [0.15, 0.2) is 59.8 Å². The smallest absolute Gasteiger partial charge is 0.337 e. The summed E-state index contributed by atoms with van der Waals surface area (Å²) in [7, 11) is 1.31. The van der Waals surface area contributed by atoms with E-state index in [-0.39, 0.29) is 11.7 Å². The molecule has 2 aromatic carbocycles. The molecule has 0 fully saturated rings. The molecule has 1 amide bonds. The molecule has 3 rings (SSSR count). The Morgan fingerprint density at radius 2 is 1.81 bits per heavy atom. The van der Waals surface area contributed by atoms with Gasteiger partial charge in [0.1, 0.15) is 0 Å². The summed E-state index contributed by atoms with van der Waals surface area (Å²) >= 11 is 1.18. The van der Waals surface area contributed by atoms with Crippen molar-refractivity contribution in [2.24, 2.45) is 0 Å². The second-order valence-corrected chi connectivity index (χ2v) is 6.39. The first-order valence-electron chi connectivity index (χ1n) is 7.95. The lowest BCUT2D eigenvalue weighted by atomic mass is 10.2. The van der Waals surface area contributed by atoms with Crippen molar-refractivity contribution >= 4 is 29.3 Å². The van der Waals surface area contributed by atoms with Crippen LogP contribution in [0, 0.1) is 0 Å². The number of methoxy groups -OCH3 is 1. The summed E-state index contributed by atoms with van der Waals surface area (Å²) in [6.07, 6.45) is 0. The third-order valence-corrected chi connectivity index (χ3v) is 4.56. The maximum Gasteiger partial charge on any atom is 0.337 e. The Balaban J connectivity index is 1.58. The number of benzene rings is 2. The van der Waals surface area contributed by atoms with E-state index in [9.17, 15) is 9.59 Å². The van der Waals surface area contributed by atoms with Crippen LogP contribution in [0.1, 0.15) is 10.4 Å². The van der Waals surface area contributed by atoms with Gasteiger partial charge in [-0.15, -0.1) is 10.2 Å². The lowest BCUT2D eigenvalue weighted by molar-refractivity contribution is -0.113. The summed E-state index contributed by atoms with van der Waals surface area (Å²) in [5, 5.41) is 11.3. The van der Waals surface area contributed by atoms with Crippen LogP contribution in [0.4, 0.5) is 5.69 Å². The monoisotopic (exact) mass is 383 g/mol.